The summed E-state index contributed by atoms with van der Waals surface area (Å²) in [4.78, 5) is 27.6. The normalized spacial score (nSPS) is 11.2. The second kappa shape index (κ2) is 5.81. The van der Waals surface area contributed by atoms with Crippen molar-refractivity contribution in [1.29, 1.82) is 0 Å². The fourth-order valence-corrected chi connectivity index (χ4v) is 2.93. The number of ether oxygens (including phenoxy) is 1. The third-order valence-electron chi connectivity index (χ3n) is 3.92. The Hall–Kier alpha value is -3.46. The molecule has 0 aliphatic heterocycles. The predicted octanol–water partition coefficient (Wildman–Crippen LogP) is 2.60. The summed E-state index contributed by atoms with van der Waals surface area (Å²) in [6.07, 6.45) is 0. The zero-order chi connectivity index (χ0) is 18.4. The average Bonchev–Trinajstić information content (AvgIpc) is 3.00. The lowest BCUT2D eigenvalue weighted by Crippen LogP contribution is -2.20. The highest BCUT2D eigenvalue weighted by atomic mass is 35.5. The van der Waals surface area contributed by atoms with Gasteiger partial charge in [-0.2, -0.15) is 4.68 Å². The van der Waals surface area contributed by atoms with Crippen LogP contribution in [-0.4, -0.2) is 31.2 Å². The van der Waals surface area contributed by atoms with Crippen molar-refractivity contribution in [3.63, 3.8) is 0 Å². The van der Waals surface area contributed by atoms with E-state index >= 15 is 0 Å². The monoisotopic (exact) mass is 371 g/mol. The minimum Gasteiger partial charge on any atom is -0.497 e. The molecule has 2 heterocycles. The van der Waals surface area contributed by atoms with Crippen molar-refractivity contribution >= 4 is 34.0 Å². The summed E-state index contributed by atoms with van der Waals surface area (Å²) in [5.74, 6) is 0.631. The minimum atomic E-state index is -0.573. The molecule has 4 rings (SSSR count). The van der Waals surface area contributed by atoms with Crippen LogP contribution in [0.25, 0.3) is 22.4 Å². The fraction of sp³-hybridized carbons (Fsp3) is 0.0625. The SMILES string of the molecule is COc1ccc(-n2nc3c(Cl)nc4c([N+](=O)[O-])cccc4n3c2=O)cc1. The van der Waals surface area contributed by atoms with Crippen molar-refractivity contribution in [2.75, 3.05) is 7.11 Å². The van der Waals surface area contributed by atoms with E-state index in [1.807, 2.05) is 0 Å². The van der Waals surface area contributed by atoms with Gasteiger partial charge in [0.1, 0.15) is 5.75 Å². The number of hydrogen-bond acceptors (Lipinski definition) is 6. The molecule has 0 unspecified atom stereocenters. The topological polar surface area (TPSA) is 105 Å². The van der Waals surface area contributed by atoms with Crippen LogP contribution in [0.4, 0.5) is 5.69 Å². The van der Waals surface area contributed by atoms with E-state index in [-0.39, 0.29) is 27.5 Å². The van der Waals surface area contributed by atoms with Crippen LogP contribution in [0.3, 0.4) is 0 Å². The van der Waals surface area contributed by atoms with Crippen molar-refractivity contribution in [3.8, 4) is 11.4 Å². The third-order valence-corrected chi connectivity index (χ3v) is 4.18. The number of aromatic nitrogens is 4. The first-order valence-corrected chi connectivity index (χ1v) is 7.78. The maximum absolute atomic E-state index is 12.9. The van der Waals surface area contributed by atoms with Crippen LogP contribution in [0.5, 0.6) is 5.75 Å². The van der Waals surface area contributed by atoms with E-state index in [9.17, 15) is 14.9 Å². The number of methoxy groups -OCH3 is 1. The lowest BCUT2D eigenvalue weighted by Gasteiger charge is -2.02. The lowest BCUT2D eigenvalue weighted by atomic mass is 10.2. The molecule has 2 aromatic heterocycles. The van der Waals surface area contributed by atoms with E-state index in [2.05, 4.69) is 10.1 Å². The first kappa shape index (κ1) is 16.0. The molecule has 0 aliphatic carbocycles. The van der Waals surface area contributed by atoms with E-state index in [1.165, 1.54) is 23.6 Å². The maximum Gasteiger partial charge on any atom is 0.355 e. The summed E-state index contributed by atoms with van der Waals surface area (Å²) in [6, 6.07) is 11.0. The van der Waals surface area contributed by atoms with Crippen molar-refractivity contribution in [2.45, 2.75) is 0 Å². The van der Waals surface area contributed by atoms with Gasteiger partial charge in [0, 0.05) is 6.07 Å². The van der Waals surface area contributed by atoms with E-state index < -0.39 is 10.6 Å². The highest BCUT2D eigenvalue weighted by molar-refractivity contribution is 6.32. The third kappa shape index (κ3) is 2.29. The number of halogens is 1. The Labute approximate surface area is 150 Å². The molecule has 0 amide bonds. The standard InChI is InChI=1S/C16H10ClN5O4/c1-26-10-7-5-9(6-8-10)21-16(23)20-11-3-2-4-12(22(24)25)13(11)18-14(17)15(20)19-21/h2-8H,1H3. The maximum atomic E-state index is 12.9. The van der Waals surface area contributed by atoms with Crippen LogP contribution in [0, 0.1) is 10.1 Å². The average molecular weight is 372 g/mol. The molecule has 0 radical (unpaired) electrons. The van der Waals surface area contributed by atoms with E-state index in [0.29, 0.717) is 11.4 Å². The van der Waals surface area contributed by atoms with Gasteiger partial charge in [-0.25, -0.2) is 14.2 Å². The van der Waals surface area contributed by atoms with Gasteiger partial charge in [-0.3, -0.25) is 10.1 Å². The molecule has 0 atom stereocenters. The zero-order valence-electron chi connectivity index (χ0n) is 13.3. The summed E-state index contributed by atoms with van der Waals surface area (Å²) >= 11 is 6.14. The van der Waals surface area contributed by atoms with Gasteiger partial charge >= 0.3 is 5.69 Å². The van der Waals surface area contributed by atoms with E-state index in [4.69, 9.17) is 16.3 Å². The Bertz CT molecular complexity index is 1230. The lowest BCUT2D eigenvalue weighted by molar-refractivity contribution is -0.383. The Balaban J connectivity index is 2.07. The summed E-state index contributed by atoms with van der Waals surface area (Å²) in [7, 11) is 1.54. The number of hydrogen-bond donors (Lipinski definition) is 0. The Morgan fingerprint density at radius 3 is 2.58 bits per heavy atom. The molecule has 0 N–H and O–H groups in total. The van der Waals surface area contributed by atoms with Crippen molar-refractivity contribution in [1.82, 2.24) is 19.2 Å². The van der Waals surface area contributed by atoms with Gasteiger partial charge < -0.3 is 4.74 Å². The molecule has 10 heteroatoms. The Kier molecular flexibility index (Phi) is 3.58. The van der Waals surface area contributed by atoms with Gasteiger partial charge in [0.15, 0.2) is 16.3 Å². The highest BCUT2D eigenvalue weighted by Crippen LogP contribution is 2.26. The molecular formula is C16H10ClN5O4. The summed E-state index contributed by atoms with van der Waals surface area (Å²) in [5, 5.41) is 15.4. The number of rotatable bonds is 3. The van der Waals surface area contributed by atoms with Crippen LogP contribution in [0.15, 0.2) is 47.3 Å². The van der Waals surface area contributed by atoms with Crippen molar-refractivity contribution in [2.24, 2.45) is 0 Å². The number of para-hydroxylation sites is 1. The molecule has 0 saturated heterocycles. The number of fused-ring (bicyclic) bond motifs is 3. The van der Waals surface area contributed by atoms with Crippen molar-refractivity contribution < 1.29 is 9.66 Å². The summed E-state index contributed by atoms with van der Waals surface area (Å²) in [5.41, 5.74) is 0.125. The van der Waals surface area contributed by atoms with Gasteiger partial charge in [0.2, 0.25) is 0 Å². The molecular weight excluding hydrogens is 362 g/mol. The Morgan fingerprint density at radius 2 is 1.92 bits per heavy atom. The van der Waals surface area contributed by atoms with Gasteiger partial charge in [0.05, 0.1) is 23.2 Å². The second-order valence-corrected chi connectivity index (χ2v) is 5.71. The molecule has 0 bridgehead atoms. The molecule has 0 saturated carbocycles. The van der Waals surface area contributed by atoms with Crippen LogP contribution in [0.1, 0.15) is 0 Å². The van der Waals surface area contributed by atoms with E-state index in [0.717, 1.165) is 4.68 Å². The molecule has 0 fully saturated rings. The molecule has 0 spiro atoms. The molecule has 2 aromatic carbocycles. The number of non-ortho nitro benzene ring substituents is 1. The Morgan fingerprint density at radius 1 is 1.19 bits per heavy atom. The second-order valence-electron chi connectivity index (χ2n) is 5.36. The van der Waals surface area contributed by atoms with Gasteiger partial charge in [-0.1, -0.05) is 17.7 Å². The van der Waals surface area contributed by atoms with Crippen LogP contribution in [-0.2, 0) is 0 Å². The number of benzene rings is 2. The highest BCUT2D eigenvalue weighted by Gasteiger charge is 2.21. The van der Waals surface area contributed by atoms with Crippen molar-refractivity contribution in [3.05, 3.63) is 68.2 Å². The fourth-order valence-electron chi connectivity index (χ4n) is 2.72. The minimum absolute atomic E-state index is 0.0198. The predicted molar refractivity (Wildman–Crippen MR) is 94.3 cm³/mol. The first-order chi connectivity index (χ1) is 12.5. The quantitative estimate of drug-likeness (QED) is 0.405. The number of nitro benzene ring substituents is 1. The first-order valence-electron chi connectivity index (χ1n) is 7.40. The number of nitro groups is 1. The van der Waals surface area contributed by atoms with Gasteiger partial charge in [-0.05, 0) is 30.3 Å². The van der Waals surface area contributed by atoms with Gasteiger partial charge in [-0.15, -0.1) is 5.10 Å². The number of nitrogens with zero attached hydrogens (tertiary/aromatic N) is 5. The molecule has 130 valence electrons. The van der Waals surface area contributed by atoms with Crippen LogP contribution >= 0.6 is 11.6 Å². The molecule has 4 aromatic rings. The van der Waals surface area contributed by atoms with Gasteiger partial charge in [0.25, 0.3) is 5.69 Å². The molecule has 0 aliphatic rings. The molecule has 9 nitrogen and oxygen atoms in total. The zero-order valence-corrected chi connectivity index (χ0v) is 14.0. The summed E-state index contributed by atoms with van der Waals surface area (Å²) in [6.45, 7) is 0. The molecule has 26 heavy (non-hydrogen) atoms. The summed E-state index contributed by atoms with van der Waals surface area (Å²) < 4.78 is 7.46. The van der Waals surface area contributed by atoms with E-state index in [1.54, 1.807) is 30.3 Å². The smallest absolute Gasteiger partial charge is 0.355 e. The largest absolute Gasteiger partial charge is 0.497 e. The van der Waals surface area contributed by atoms with Crippen LogP contribution < -0.4 is 10.4 Å². The van der Waals surface area contributed by atoms with Crippen LogP contribution in [0.2, 0.25) is 5.15 Å².